The lowest BCUT2D eigenvalue weighted by atomic mass is 9.97. The minimum Gasteiger partial charge on any atom is -0.256 e. The van der Waals surface area contributed by atoms with E-state index >= 15 is 0 Å². The minimum absolute atomic E-state index is 0.218. The molecule has 0 aliphatic heterocycles. The van der Waals surface area contributed by atoms with Gasteiger partial charge in [-0.25, -0.2) is 14.4 Å². The van der Waals surface area contributed by atoms with Crippen molar-refractivity contribution < 1.29 is 4.39 Å². The zero-order valence-electron chi connectivity index (χ0n) is 14.3. The molecule has 126 valence electrons. The summed E-state index contributed by atoms with van der Waals surface area (Å²) >= 11 is 0. The second-order valence-corrected chi connectivity index (χ2v) is 6.06. The average molecular weight is 341 g/mol. The Bertz CT molecular complexity index is 1140. The Kier molecular flexibility index (Phi) is 4.01. The van der Waals surface area contributed by atoms with Gasteiger partial charge in [0.25, 0.3) is 0 Å². The summed E-state index contributed by atoms with van der Waals surface area (Å²) in [5.74, 6) is -0.218. The predicted octanol–water partition coefficient (Wildman–Crippen LogP) is 5.45. The van der Waals surface area contributed by atoms with Gasteiger partial charge >= 0.3 is 0 Å². The Hall–Kier alpha value is -3.40. The first-order valence-electron chi connectivity index (χ1n) is 8.26. The van der Waals surface area contributed by atoms with Crippen molar-refractivity contribution in [1.82, 2.24) is 15.0 Å². The van der Waals surface area contributed by atoms with Crippen LogP contribution in [0.25, 0.3) is 39.4 Å². The fourth-order valence-corrected chi connectivity index (χ4v) is 3.07. The SMILES string of the molecule is C=Cc1ncnc2ccc(-c3cccnc3-c3ccc(F)c(C)c3)cc12. The summed E-state index contributed by atoms with van der Waals surface area (Å²) in [6.45, 7) is 5.58. The molecular weight excluding hydrogens is 325 g/mol. The second kappa shape index (κ2) is 6.48. The van der Waals surface area contributed by atoms with Crippen LogP contribution in [0.1, 0.15) is 11.3 Å². The molecule has 0 N–H and O–H groups in total. The zero-order chi connectivity index (χ0) is 18.1. The molecule has 0 bridgehead atoms. The molecule has 2 aromatic carbocycles. The lowest BCUT2D eigenvalue weighted by Crippen LogP contribution is -1.92. The van der Waals surface area contributed by atoms with Crippen LogP contribution in [-0.4, -0.2) is 15.0 Å². The Morgan fingerprint density at radius 1 is 0.962 bits per heavy atom. The van der Waals surface area contributed by atoms with Gasteiger partial charge in [-0.2, -0.15) is 0 Å². The van der Waals surface area contributed by atoms with Crippen molar-refractivity contribution in [2.45, 2.75) is 6.92 Å². The molecule has 0 aliphatic carbocycles. The number of hydrogen-bond donors (Lipinski definition) is 0. The molecule has 0 unspecified atom stereocenters. The smallest absolute Gasteiger partial charge is 0.126 e. The third-order valence-electron chi connectivity index (χ3n) is 4.41. The van der Waals surface area contributed by atoms with E-state index in [1.54, 1.807) is 25.3 Å². The Morgan fingerprint density at radius 2 is 1.81 bits per heavy atom. The Labute approximate surface area is 150 Å². The Morgan fingerprint density at radius 3 is 2.62 bits per heavy atom. The number of fused-ring (bicyclic) bond motifs is 1. The highest BCUT2D eigenvalue weighted by Gasteiger charge is 2.11. The Balaban J connectivity index is 1.93. The molecular formula is C22H16FN3. The van der Waals surface area contributed by atoms with Crippen LogP contribution in [0.4, 0.5) is 4.39 Å². The minimum atomic E-state index is -0.218. The highest BCUT2D eigenvalue weighted by Crippen LogP contribution is 2.33. The van der Waals surface area contributed by atoms with Crippen molar-refractivity contribution >= 4 is 17.0 Å². The lowest BCUT2D eigenvalue weighted by Gasteiger charge is -2.11. The molecule has 4 aromatic rings. The van der Waals surface area contributed by atoms with Crippen LogP contribution in [0.5, 0.6) is 0 Å². The van der Waals surface area contributed by atoms with E-state index in [4.69, 9.17) is 0 Å². The van der Waals surface area contributed by atoms with Crippen LogP contribution in [0.2, 0.25) is 0 Å². The predicted molar refractivity (Wildman–Crippen MR) is 103 cm³/mol. The molecule has 0 saturated carbocycles. The van der Waals surface area contributed by atoms with Crippen LogP contribution in [-0.2, 0) is 0 Å². The van der Waals surface area contributed by atoms with Gasteiger partial charge in [-0.05, 0) is 60.5 Å². The van der Waals surface area contributed by atoms with Crippen LogP contribution < -0.4 is 0 Å². The molecule has 4 heteroatoms. The van der Waals surface area contributed by atoms with Gasteiger partial charge in [-0.1, -0.05) is 18.7 Å². The third-order valence-corrected chi connectivity index (χ3v) is 4.41. The van der Waals surface area contributed by atoms with Gasteiger partial charge in [0.2, 0.25) is 0 Å². The first-order valence-corrected chi connectivity index (χ1v) is 8.26. The molecule has 0 atom stereocenters. The molecule has 4 rings (SSSR count). The number of aromatic nitrogens is 3. The average Bonchev–Trinajstić information content (AvgIpc) is 2.69. The highest BCUT2D eigenvalue weighted by atomic mass is 19.1. The van der Waals surface area contributed by atoms with Gasteiger partial charge in [0.1, 0.15) is 12.1 Å². The molecule has 2 heterocycles. The molecule has 0 saturated heterocycles. The van der Waals surface area contributed by atoms with Crippen molar-refractivity contribution in [3.8, 4) is 22.4 Å². The largest absolute Gasteiger partial charge is 0.256 e. The van der Waals surface area contributed by atoms with E-state index in [1.807, 2.05) is 36.4 Å². The summed E-state index contributed by atoms with van der Waals surface area (Å²) in [5, 5.41) is 0.935. The van der Waals surface area contributed by atoms with Gasteiger partial charge in [-0.3, -0.25) is 4.98 Å². The van der Waals surface area contributed by atoms with E-state index in [1.165, 1.54) is 12.4 Å². The number of halogens is 1. The van der Waals surface area contributed by atoms with Crippen molar-refractivity contribution in [2.75, 3.05) is 0 Å². The molecule has 0 fully saturated rings. The van der Waals surface area contributed by atoms with E-state index < -0.39 is 0 Å². The van der Waals surface area contributed by atoms with Crippen molar-refractivity contribution in [2.24, 2.45) is 0 Å². The van der Waals surface area contributed by atoms with Crippen molar-refractivity contribution in [1.29, 1.82) is 0 Å². The van der Waals surface area contributed by atoms with Crippen molar-refractivity contribution in [3.63, 3.8) is 0 Å². The fraction of sp³-hybridized carbons (Fsp3) is 0.0455. The topological polar surface area (TPSA) is 38.7 Å². The number of benzene rings is 2. The fourth-order valence-electron chi connectivity index (χ4n) is 3.07. The van der Waals surface area contributed by atoms with Gasteiger partial charge in [0.15, 0.2) is 0 Å². The third kappa shape index (κ3) is 2.75. The van der Waals surface area contributed by atoms with E-state index in [-0.39, 0.29) is 5.82 Å². The molecule has 3 nitrogen and oxygen atoms in total. The zero-order valence-corrected chi connectivity index (χ0v) is 14.3. The lowest BCUT2D eigenvalue weighted by molar-refractivity contribution is 0.619. The molecule has 26 heavy (non-hydrogen) atoms. The van der Waals surface area contributed by atoms with E-state index in [0.29, 0.717) is 5.56 Å². The number of nitrogens with zero attached hydrogens (tertiary/aromatic N) is 3. The van der Waals surface area contributed by atoms with Crippen LogP contribution in [0.3, 0.4) is 0 Å². The second-order valence-electron chi connectivity index (χ2n) is 6.06. The van der Waals surface area contributed by atoms with Crippen molar-refractivity contribution in [3.05, 3.63) is 84.7 Å². The molecule has 0 aliphatic rings. The molecule has 0 radical (unpaired) electrons. The standard InChI is InChI=1S/C22H16FN3/c1-3-20-18-12-15(7-9-21(18)26-13-25-20)17-5-4-10-24-22(17)16-6-8-19(23)14(2)11-16/h3-13H,1H2,2H3. The number of pyridine rings is 1. The number of hydrogen-bond acceptors (Lipinski definition) is 3. The van der Waals surface area contributed by atoms with Crippen LogP contribution in [0, 0.1) is 12.7 Å². The number of aryl methyl sites for hydroxylation is 1. The maximum absolute atomic E-state index is 13.7. The summed E-state index contributed by atoms with van der Waals surface area (Å²) in [5.41, 5.74) is 5.92. The summed E-state index contributed by atoms with van der Waals surface area (Å²) in [6.07, 6.45) is 5.01. The van der Waals surface area contributed by atoms with Crippen LogP contribution >= 0.6 is 0 Å². The van der Waals surface area contributed by atoms with Gasteiger partial charge in [0.05, 0.1) is 16.9 Å². The summed E-state index contributed by atoms with van der Waals surface area (Å²) in [7, 11) is 0. The highest BCUT2D eigenvalue weighted by molar-refractivity contribution is 5.92. The maximum Gasteiger partial charge on any atom is 0.126 e. The first kappa shape index (κ1) is 16.1. The molecule has 0 spiro atoms. The maximum atomic E-state index is 13.7. The molecule has 0 amide bonds. The van der Waals surface area contributed by atoms with E-state index in [0.717, 1.165) is 39.0 Å². The normalized spacial score (nSPS) is 10.8. The summed E-state index contributed by atoms with van der Waals surface area (Å²) in [6, 6.07) is 15.0. The first-order chi connectivity index (χ1) is 12.7. The quantitative estimate of drug-likeness (QED) is 0.497. The van der Waals surface area contributed by atoms with Crippen LogP contribution in [0.15, 0.2) is 67.6 Å². The van der Waals surface area contributed by atoms with Gasteiger partial charge < -0.3 is 0 Å². The van der Waals surface area contributed by atoms with Gasteiger partial charge in [-0.15, -0.1) is 0 Å². The summed E-state index contributed by atoms with van der Waals surface area (Å²) < 4.78 is 13.7. The summed E-state index contributed by atoms with van der Waals surface area (Å²) in [4.78, 5) is 13.1. The number of rotatable bonds is 3. The van der Waals surface area contributed by atoms with E-state index in [9.17, 15) is 4.39 Å². The van der Waals surface area contributed by atoms with E-state index in [2.05, 4.69) is 21.5 Å². The van der Waals surface area contributed by atoms with Gasteiger partial charge in [0, 0.05) is 22.7 Å². The molecule has 2 aromatic heterocycles. The monoisotopic (exact) mass is 341 g/mol.